The Balaban J connectivity index is 1.46. The second-order valence-electron chi connectivity index (χ2n) is 7.39. The van der Waals surface area contributed by atoms with Crippen LogP contribution in [-0.2, 0) is 6.42 Å². The van der Waals surface area contributed by atoms with Crippen LogP contribution in [0.2, 0.25) is 5.02 Å². The molecule has 6 nitrogen and oxygen atoms in total. The highest BCUT2D eigenvalue weighted by atomic mass is 35.5. The highest BCUT2D eigenvalue weighted by molar-refractivity contribution is 6.31. The van der Waals surface area contributed by atoms with Crippen LogP contribution in [-0.4, -0.2) is 43.3 Å². The Morgan fingerprint density at radius 1 is 1.03 bits per heavy atom. The standard InChI is InChI=1S/C23H25ClN4O2/c1-16-20(15-17-5-3-4-6-21(17)24)22(29)26-23(25-16)28-13-11-27(12-14-28)18-7-9-19(30-2)10-8-18/h3-10H,11-15H2,1-2H3,(H,25,26,29). The Labute approximate surface area is 181 Å². The minimum atomic E-state index is -0.102. The molecule has 7 heteroatoms. The fourth-order valence-corrected chi connectivity index (χ4v) is 3.96. The SMILES string of the molecule is COc1ccc(N2CCN(c3nc(C)c(Cc4ccccc4Cl)c(=O)[nH]3)CC2)cc1. The van der Waals surface area contributed by atoms with E-state index in [0.717, 1.165) is 43.2 Å². The van der Waals surface area contributed by atoms with E-state index in [1.165, 1.54) is 5.69 Å². The average molecular weight is 425 g/mol. The van der Waals surface area contributed by atoms with Gasteiger partial charge in [-0.3, -0.25) is 9.78 Å². The smallest absolute Gasteiger partial charge is 0.256 e. The number of anilines is 2. The predicted molar refractivity (Wildman–Crippen MR) is 121 cm³/mol. The van der Waals surface area contributed by atoms with Crippen LogP contribution in [0.3, 0.4) is 0 Å². The molecule has 0 radical (unpaired) electrons. The Morgan fingerprint density at radius 3 is 2.33 bits per heavy atom. The second-order valence-corrected chi connectivity index (χ2v) is 7.80. The first-order valence-corrected chi connectivity index (χ1v) is 10.4. The summed E-state index contributed by atoms with van der Waals surface area (Å²) in [5, 5.41) is 0.662. The first-order valence-electron chi connectivity index (χ1n) is 10.0. The number of aromatic amines is 1. The summed E-state index contributed by atoms with van der Waals surface area (Å²) in [5.74, 6) is 1.49. The van der Waals surface area contributed by atoms with Crippen LogP contribution in [0.4, 0.5) is 11.6 Å². The number of rotatable bonds is 5. The molecular weight excluding hydrogens is 400 g/mol. The highest BCUT2D eigenvalue weighted by Crippen LogP contribution is 2.22. The zero-order chi connectivity index (χ0) is 21.1. The molecule has 2 heterocycles. The fourth-order valence-electron chi connectivity index (χ4n) is 3.76. The number of aromatic nitrogens is 2. The van der Waals surface area contributed by atoms with E-state index < -0.39 is 0 Å². The van der Waals surface area contributed by atoms with Gasteiger partial charge in [-0.25, -0.2) is 4.98 Å². The molecule has 1 aliphatic rings. The molecule has 0 aliphatic carbocycles. The zero-order valence-corrected chi connectivity index (χ0v) is 17.9. The van der Waals surface area contributed by atoms with Gasteiger partial charge in [-0.05, 0) is 42.8 Å². The quantitative estimate of drug-likeness (QED) is 0.677. The van der Waals surface area contributed by atoms with Crippen LogP contribution in [0.1, 0.15) is 16.8 Å². The van der Waals surface area contributed by atoms with Gasteiger partial charge in [0.1, 0.15) is 5.75 Å². The van der Waals surface area contributed by atoms with Crippen molar-refractivity contribution in [3.63, 3.8) is 0 Å². The molecule has 2 aromatic carbocycles. The van der Waals surface area contributed by atoms with Crippen molar-refractivity contribution in [3.05, 3.63) is 80.7 Å². The molecule has 0 saturated carbocycles. The number of benzene rings is 2. The number of methoxy groups -OCH3 is 1. The van der Waals surface area contributed by atoms with Gasteiger partial charge < -0.3 is 14.5 Å². The summed E-state index contributed by atoms with van der Waals surface area (Å²) >= 11 is 6.26. The molecule has 0 unspecified atom stereocenters. The number of ether oxygens (including phenoxy) is 1. The molecule has 30 heavy (non-hydrogen) atoms. The number of nitrogens with one attached hydrogen (secondary N) is 1. The minimum Gasteiger partial charge on any atom is -0.497 e. The van der Waals surface area contributed by atoms with Crippen LogP contribution in [0.5, 0.6) is 5.75 Å². The van der Waals surface area contributed by atoms with Gasteiger partial charge >= 0.3 is 0 Å². The lowest BCUT2D eigenvalue weighted by Crippen LogP contribution is -2.47. The molecule has 1 aliphatic heterocycles. The van der Waals surface area contributed by atoms with Crippen molar-refractivity contribution in [2.24, 2.45) is 0 Å². The first kappa shape index (κ1) is 20.3. The number of hydrogen-bond acceptors (Lipinski definition) is 5. The number of H-pyrrole nitrogens is 1. The van der Waals surface area contributed by atoms with Crippen molar-refractivity contribution in [1.29, 1.82) is 0 Å². The molecule has 3 aromatic rings. The maximum atomic E-state index is 12.8. The molecule has 4 rings (SSSR count). The predicted octanol–water partition coefficient (Wildman–Crippen LogP) is 3.66. The molecule has 1 N–H and O–H groups in total. The summed E-state index contributed by atoms with van der Waals surface area (Å²) in [4.78, 5) is 24.9. The van der Waals surface area contributed by atoms with Gasteiger partial charge in [0.25, 0.3) is 5.56 Å². The van der Waals surface area contributed by atoms with E-state index in [1.54, 1.807) is 7.11 Å². The molecule has 0 bridgehead atoms. The van der Waals surface area contributed by atoms with E-state index in [-0.39, 0.29) is 5.56 Å². The van der Waals surface area contributed by atoms with Crippen LogP contribution < -0.4 is 20.1 Å². The lowest BCUT2D eigenvalue weighted by molar-refractivity contribution is 0.415. The molecule has 0 atom stereocenters. The van der Waals surface area contributed by atoms with Crippen LogP contribution >= 0.6 is 11.6 Å². The van der Waals surface area contributed by atoms with Crippen LogP contribution in [0.15, 0.2) is 53.3 Å². The maximum Gasteiger partial charge on any atom is 0.256 e. The molecule has 0 amide bonds. The number of nitrogens with zero attached hydrogens (tertiary/aromatic N) is 3. The maximum absolute atomic E-state index is 12.8. The summed E-state index contributed by atoms with van der Waals surface area (Å²) in [6.45, 7) is 5.18. The summed E-state index contributed by atoms with van der Waals surface area (Å²) in [6.07, 6.45) is 0.472. The van der Waals surface area contributed by atoms with Crippen LogP contribution in [0, 0.1) is 6.92 Å². The van der Waals surface area contributed by atoms with Gasteiger partial charge in [0.05, 0.1) is 12.8 Å². The summed E-state index contributed by atoms with van der Waals surface area (Å²) in [5.41, 5.74) is 3.39. The van der Waals surface area contributed by atoms with Crippen molar-refractivity contribution in [2.45, 2.75) is 13.3 Å². The van der Waals surface area contributed by atoms with E-state index in [0.29, 0.717) is 23.0 Å². The number of aryl methyl sites for hydroxylation is 1. The molecule has 0 spiro atoms. The zero-order valence-electron chi connectivity index (χ0n) is 17.2. The topological polar surface area (TPSA) is 61.5 Å². The van der Waals surface area contributed by atoms with Gasteiger partial charge in [0.15, 0.2) is 0 Å². The fraction of sp³-hybridized carbons (Fsp3) is 0.304. The van der Waals surface area contributed by atoms with Crippen LogP contribution in [0.25, 0.3) is 0 Å². The summed E-state index contributed by atoms with van der Waals surface area (Å²) in [6, 6.07) is 15.7. The largest absolute Gasteiger partial charge is 0.497 e. The number of halogens is 1. The van der Waals surface area contributed by atoms with Crippen molar-refractivity contribution in [3.8, 4) is 5.75 Å². The van der Waals surface area contributed by atoms with Crippen molar-refractivity contribution in [2.75, 3.05) is 43.1 Å². The monoisotopic (exact) mass is 424 g/mol. The van der Waals surface area contributed by atoms with Gasteiger partial charge in [-0.15, -0.1) is 0 Å². The lowest BCUT2D eigenvalue weighted by atomic mass is 10.1. The third-order valence-electron chi connectivity index (χ3n) is 5.55. The van der Waals surface area contributed by atoms with Gasteiger partial charge in [-0.1, -0.05) is 29.8 Å². The first-order chi connectivity index (χ1) is 14.5. The third-order valence-corrected chi connectivity index (χ3v) is 5.92. The molecule has 1 saturated heterocycles. The van der Waals surface area contributed by atoms with Gasteiger partial charge in [-0.2, -0.15) is 0 Å². The number of hydrogen-bond donors (Lipinski definition) is 1. The van der Waals surface area contributed by atoms with Crippen molar-refractivity contribution in [1.82, 2.24) is 9.97 Å². The van der Waals surface area contributed by atoms with Gasteiger partial charge in [0, 0.05) is 48.9 Å². The molecule has 156 valence electrons. The molecule has 1 fully saturated rings. The number of piperazine rings is 1. The van der Waals surface area contributed by atoms with E-state index in [2.05, 4.69) is 26.9 Å². The third kappa shape index (κ3) is 4.28. The van der Waals surface area contributed by atoms with E-state index >= 15 is 0 Å². The second kappa shape index (κ2) is 8.79. The Morgan fingerprint density at radius 2 is 1.70 bits per heavy atom. The lowest BCUT2D eigenvalue weighted by Gasteiger charge is -2.36. The van der Waals surface area contributed by atoms with Gasteiger partial charge in [0.2, 0.25) is 5.95 Å². The Hall–Kier alpha value is -2.99. The molecule has 1 aromatic heterocycles. The van der Waals surface area contributed by atoms with E-state index in [1.807, 2.05) is 43.3 Å². The minimum absolute atomic E-state index is 0.102. The highest BCUT2D eigenvalue weighted by Gasteiger charge is 2.20. The Kier molecular flexibility index (Phi) is 5.95. The van der Waals surface area contributed by atoms with Crippen molar-refractivity contribution >= 4 is 23.2 Å². The van der Waals surface area contributed by atoms with Crippen molar-refractivity contribution < 1.29 is 4.74 Å². The van der Waals surface area contributed by atoms with E-state index in [4.69, 9.17) is 21.3 Å². The van der Waals surface area contributed by atoms with E-state index in [9.17, 15) is 4.79 Å². The summed E-state index contributed by atoms with van der Waals surface area (Å²) in [7, 11) is 1.67. The average Bonchev–Trinajstić information content (AvgIpc) is 2.77. The Bertz CT molecular complexity index is 1070. The normalized spacial score (nSPS) is 14.1. The molecular formula is C23H25ClN4O2. The summed E-state index contributed by atoms with van der Waals surface area (Å²) < 4.78 is 5.23.